The standard InChI is InChI=1S/C12H21N5/c1-7(2)8(3)14-10-6-11(17-13)16-12(15-10)9-4-5-9/h6-9H,4-5,13H2,1-3H3,(H2,14,15,16,17). The first-order valence-corrected chi connectivity index (χ1v) is 6.22. The average Bonchev–Trinajstić information content (AvgIpc) is 3.12. The molecule has 1 aliphatic carbocycles. The van der Waals surface area contributed by atoms with E-state index in [0.29, 0.717) is 23.7 Å². The Labute approximate surface area is 102 Å². The lowest BCUT2D eigenvalue weighted by atomic mass is 10.1. The number of nitrogens with one attached hydrogen (secondary N) is 2. The molecule has 0 aliphatic heterocycles. The Morgan fingerprint density at radius 1 is 1.24 bits per heavy atom. The van der Waals surface area contributed by atoms with Crippen molar-refractivity contribution in [3.05, 3.63) is 11.9 Å². The van der Waals surface area contributed by atoms with Crippen LogP contribution in [0.25, 0.3) is 0 Å². The number of hydrazine groups is 1. The van der Waals surface area contributed by atoms with Crippen molar-refractivity contribution in [1.82, 2.24) is 9.97 Å². The van der Waals surface area contributed by atoms with Gasteiger partial charge in [0.15, 0.2) is 0 Å². The van der Waals surface area contributed by atoms with Gasteiger partial charge in [0.2, 0.25) is 0 Å². The van der Waals surface area contributed by atoms with Crippen LogP contribution in [-0.2, 0) is 0 Å². The first kappa shape index (κ1) is 12.1. The van der Waals surface area contributed by atoms with E-state index in [-0.39, 0.29) is 0 Å². The minimum absolute atomic E-state index is 0.377. The Balaban J connectivity index is 2.17. The van der Waals surface area contributed by atoms with Gasteiger partial charge in [-0.15, -0.1) is 0 Å². The van der Waals surface area contributed by atoms with E-state index in [9.17, 15) is 0 Å². The number of aromatic nitrogens is 2. The van der Waals surface area contributed by atoms with Gasteiger partial charge in [-0.3, -0.25) is 0 Å². The van der Waals surface area contributed by atoms with Gasteiger partial charge < -0.3 is 10.7 Å². The third-order valence-electron chi connectivity index (χ3n) is 3.21. The number of hydrogen-bond acceptors (Lipinski definition) is 5. The third kappa shape index (κ3) is 3.06. The Hall–Kier alpha value is -1.36. The van der Waals surface area contributed by atoms with E-state index in [1.165, 1.54) is 12.8 Å². The van der Waals surface area contributed by atoms with Crippen LogP contribution in [0.2, 0.25) is 0 Å². The lowest BCUT2D eigenvalue weighted by Crippen LogP contribution is -2.23. The number of nitrogen functional groups attached to an aromatic ring is 1. The topological polar surface area (TPSA) is 75.9 Å². The van der Waals surface area contributed by atoms with Crippen LogP contribution in [0.15, 0.2) is 6.07 Å². The maximum Gasteiger partial charge on any atom is 0.145 e. The number of nitrogens with two attached hydrogens (primary N) is 1. The quantitative estimate of drug-likeness (QED) is 0.538. The second-order valence-corrected chi connectivity index (χ2v) is 5.09. The van der Waals surface area contributed by atoms with Crippen molar-refractivity contribution in [3.63, 3.8) is 0 Å². The maximum absolute atomic E-state index is 5.43. The molecule has 2 rings (SSSR count). The largest absolute Gasteiger partial charge is 0.367 e. The molecule has 17 heavy (non-hydrogen) atoms. The molecule has 0 radical (unpaired) electrons. The molecular formula is C12H21N5. The van der Waals surface area contributed by atoms with Gasteiger partial charge in [-0.1, -0.05) is 13.8 Å². The fourth-order valence-corrected chi connectivity index (χ4v) is 1.54. The van der Waals surface area contributed by atoms with Crippen LogP contribution < -0.4 is 16.6 Å². The predicted molar refractivity (Wildman–Crippen MR) is 69.7 cm³/mol. The summed E-state index contributed by atoms with van der Waals surface area (Å²) in [6.45, 7) is 6.52. The van der Waals surface area contributed by atoms with Gasteiger partial charge in [0.1, 0.15) is 17.5 Å². The monoisotopic (exact) mass is 235 g/mol. The summed E-state index contributed by atoms with van der Waals surface area (Å²) < 4.78 is 0. The molecule has 1 atom stereocenters. The van der Waals surface area contributed by atoms with Gasteiger partial charge in [-0.05, 0) is 25.7 Å². The summed E-state index contributed by atoms with van der Waals surface area (Å²) >= 11 is 0. The van der Waals surface area contributed by atoms with E-state index in [1.54, 1.807) is 0 Å². The molecule has 94 valence electrons. The molecule has 4 N–H and O–H groups in total. The molecule has 1 aromatic heterocycles. The van der Waals surface area contributed by atoms with Crippen LogP contribution in [-0.4, -0.2) is 16.0 Å². The summed E-state index contributed by atoms with van der Waals surface area (Å²) in [5.41, 5.74) is 2.60. The molecule has 0 bridgehead atoms. The van der Waals surface area contributed by atoms with Crippen molar-refractivity contribution in [2.45, 2.75) is 45.6 Å². The summed E-state index contributed by atoms with van der Waals surface area (Å²) in [5, 5.41) is 3.39. The van der Waals surface area contributed by atoms with E-state index in [0.717, 1.165) is 11.6 Å². The molecule has 0 amide bonds. The molecule has 0 saturated heterocycles. The van der Waals surface area contributed by atoms with E-state index >= 15 is 0 Å². The van der Waals surface area contributed by atoms with Crippen molar-refractivity contribution in [2.75, 3.05) is 10.7 Å². The first-order valence-electron chi connectivity index (χ1n) is 6.22. The van der Waals surface area contributed by atoms with E-state index < -0.39 is 0 Å². The molecule has 5 nitrogen and oxygen atoms in total. The Morgan fingerprint density at radius 2 is 1.88 bits per heavy atom. The summed E-state index contributed by atoms with van der Waals surface area (Å²) in [7, 11) is 0. The molecule has 0 spiro atoms. The fourth-order valence-electron chi connectivity index (χ4n) is 1.54. The normalized spacial score (nSPS) is 17.0. The van der Waals surface area contributed by atoms with Gasteiger partial charge in [0, 0.05) is 18.0 Å². The molecule has 1 saturated carbocycles. The fraction of sp³-hybridized carbons (Fsp3) is 0.667. The van der Waals surface area contributed by atoms with Crippen molar-refractivity contribution in [1.29, 1.82) is 0 Å². The van der Waals surface area contributed by atoms with Gasteiger partial charge in [-0.2, -0.15) is 0 Å². The molecule has 5 heteroatoms. The zero-order valence-electron chi connectivity index (χ0n) is 10.7. The smallest absolute Gasteiger partial charge is 0.145 e. The van der Waals surface area contributed by atoms with E-state index in [2.05, 4.69) is 41.5 Å². The van der Waals surface area contributed by atoms with Gasteiger partial charge >= 0.3 is 0 Å². The summed E-state index contributed by atoms with van der Waals surface area (Å²) in [6.07, 6.45) is 2.38. The van der Waals surface area contributed by atoms with Crippen LogP contribution in [0.4, 0.5) is 11.6 Å². The van der Waals surface area contributed by atoms with Crippen LogP contribution in [0.3, 0.4) is 0 Å². The van der Waals surface area contributed by atoms with Gasteiger partial charge in [0.05, 0.1) is 0 Å². The predicted octanol–water partition coefficient (Wildman–Crippen LogP) is 2.10. The lowest BCUT2D eigenvalue weighted by Gasteiger charge is -2.18. The molecular weight excluding hydrogens is 214 g/mol. The van der Waals surface area contributed by atoms with Crippen LogP contribution in [0, 0.1) is 5.92 Å². The number of hydrogen-bond donors (Lipinski definition) is 3. The third-order valence-corrected chi connectivity index (χ3v) is 3.21. The highest BCUT2D eigenvalue weighted by Crippen LogP contribution is 2.38. The highest BCUT2D eigenvalue weighted by atomic mass is 15.3. The van der Waals surface area contributed by atoms with Gasteiger partial charge in [-0.25, -0.2) is 15.8 Å². The summed E-state index contributed by atoms with van der Waals surface area (Å²) in [6, 6.07) is 2.23. The summed E-state index contributed by atoms with van der Waals surface area (Å²) in [5.74, 6) is 8.96. The minimum Gasteiger partial charge on any atom is -0.367 e. The highest BCUT2D eigenvalue weighted by molar-refractivity contribution is 5.48. The van der Waals surface area contributed by atoms with E-state index in [1.807, 2.05) is 6.07 Å². The second kappa shape index (κ2) is 4.87. The van der Waals surface area contributed by atoms with E-state index in [4.69, 9.17) is 5.84 Å². The Kier molecular flexibility index (Phi) is 3.47. The minimum atomic E-state index is 0.377. The lowest BCUT2D eigenvalue weighted by molar-refractivity contribution is 0.558. The number of rotatable bonds is 5. The first-order chi connectivity index (χ1) is 8.10. The number of anilines is 2. The molecule has 1 unspecified atom stereocenters. The molecule has 1 heterocycles. The van der Waals surface area contributed by atoms with Crippen LogP contribution in [0.5, 0.6) is 0 Å². The van der Waals surface area contributed by atoms with Crippen molar-refractivity contribution >= 4 is 11.6 Å². The molecule has 1 aliphatic rings. The average molecular weight is 235 g/mol. The maximum atomic E-state index is 5.43. The zero-order chi connectivity index (χ0) is 12.4. The molecule has 0 aromatic carbocycles. The number of nitrogens with zero attached hydrogens (tertiary/aromatic N) is 2. The highest BCUT2D eigenvalue weighted by Gasteiger charge is 2.27. The zero-order valence-corrected chi connectivity index (χ0v) is 10.7. The Bertz CT molecular complexity index is 386. The summed E-state index contributed by atoms with van der Waals surface area (Å²) in [4.78, 5) is 8.93. The second-order valence-electron chi connectivity index (χ2n) is 5.09. The SMILES string of the molecule is CC(C)C(C)Nc1cc(NN)nc(C2CC2)n1. The molecule has 1 fully saturated rings. The van der Waals surface area contributed by atoms with Gasteiger partial charge in [0.25, 0.3) is 0 Å². The van der Waals surface area contributed by atoms with Crippen molar-refractivity contribution < 1.29 is 0 Å². The van der Waals surface area contributed by atoms with Crippen molar-refractivity contribution in [3.8, 4) is 0 Å². The van der Waals surface area contributed by atoms with Crippen LogP contribution in [0.1, 0.15) is 45.4 Å². The molecule has 1 aromatic rings. The Morgan fingerprint density at radius 3 is 2.41 bits per heavy atom. The van der Waals surface area contributed by atoms with Crippen LogP contribution >= 0.6 is 0 Å². The van der Waals surface area contributed by atoms with Crippen molar-refractivity contribution in [2.24, 2.45) is 11.8 Å².